The number of carbonyl (C=O) groups excluding carboxylic acids is 1. The summed E-state index contributed by atoms with van der Waals surface area (Å²) in [6.07, 6.45) is 3.49. The van der Waals surface area contributed by atoms with E-state index in [2.05, 4.69) is 15.2 Å². The molecule has 0 saturated heterocycles. The van der Waals surface area contributed by atoms with Gasteiger partial charge in [-0.15, -0.1) is 0 Å². The second-order valence-electron chi connectivity index (χ2n) is 3.58. The molecule has 5 nitrogen and oxygen atoms in total. The third-order valence-electron chi connectivity index (χ3n) is 1.98. The minimum atomic E-state index is -0.380. The number of fused-ring (bicyclic) bond motifs is 1. The molecule has 0 unspecified atom stereocenters. The van der Waals surface area contributed by atoms with Gasteiger partial charge < -0.3 is 4.74 Å². The number of aliphatic imine (C=N–C) groups is 1. The summed E-state index contributed by atoms with van der Waals surface area (Å²) >= 11 is 0. The maximum absolute atomic E-state index is 11.5. The number of ether oxygens (including phenoxy) is 1. The van der Waals surface area contributed by atoms with Crippen molar-refractivity contribution in [1.29, 1.82) is 0 Å². The molecule has 2 heterocycles. The molecule has 2 aliphatic heterocycles. The van der Waals surface area contributed by atoms with Crippen LogP contribution in [0.25, 0.3) is 0 Å². The van der Waals surface area contributed by atoms with Gasteiger partial charge in [-0.05, 0) is 13.8 Å². The summed E-state index contributed by atoms with van der Waals surface area (Å²) in [5.74, 6) is -0.380. The van der Waals surface area contributed by atoms with E-state index >= 15 is 0 Å². The van der Waals surface area contributed by atoms with E-state index in [1.54, 1.807) is 26.3 Å². The molecule has 2 aliphatic rings. The van der Waals surface area contributed by atoms with Crippen LogP contribution in [0.2, 0.25) is 0 Å². The number of carbonyl (C=O) groups is 1. The number of hydrogen-bond acceptors (Lipinski definition) is 5. The maximum atomic E-state index is 11.5. The van der Waals surface area contributed by atoms with Crippen LogP contribution < -0.4 is 0 Å². The van der Waals surface area contributed by atoms with E-state index in [-0.39, 0.29) is 12.1 Å². The molecule has 2 rings (SSSR count). The average molecular weight is 205 g/mol. The number of esters is 1. The van der Waals surface area contributed by atoms with Gasteiger partial charge in [0.25, 0.3) is 0 Å². The van der Waals surface area contributed by atoms with Crippen LogP contribution in [0, 0.1) is 0 Å². The standard InChI is InChI=1S/C10H11N3O2/c1-6(2)15-10(14)9-3-8-7(4-11-9)5-12-13-8/h4-6H,3H2,1-2H3. The van der Waals surface area contributed by atoms with E-state index in [1.165, 1.54) is 0 Å². The predicted molar refractivity (Wildman–Crippen MR) is 57.3 cm³/mol. The molecule has 0 spiro atoms. The number of nitrogens with zero attached hydrogens (tertiary/aromatic N) is 3. The van der Waals surface area contributed by atoms with Crippen molar-refractivity contribution in [1.82, 2.24) is 0 Å². The Kier molecular flexibility index (Phi) is 2.45. The fourth-order valence-corrected chi connectivity index (χ4v) is 1.30. The summed E-state index contributed by atoms with van der Waals surface area (Å²) in [7, 11) is 0. The Balaban J connectivity index is 2.11. The molecule has 0 atom stereocenters. The number of rotatable bonds is 2. The van der Waals surface area contributed by atoms with Crippen LogP contribution in [0.5, 0.6) is 0 Å². The first-order valence-corrected chi connectivity index (χ1v) is 4.75. The lowest BCUT2D eigenvalue weighted by molar-refractivity contribution is -0.139. The van der Waals surface area contributed by atoms with Crippen molar-refractivity contribution in [3.8, 4) is 0 Å². The summed E-state index contributed by atoms with van der Waals surface area (Å²) < 4.78 is 5.04. The van der Waals surface area contributed by atoms with Crippen LogP contribution >= 0.6 is 0 Å². The third kappa shape index (κ3) is 2.01. The molecular formula is C10H11N3O2. The first-order chi connectivity index (χ1) is 7.16. The summed E-state index contributed by atoms with van der Waals surface area (Å²) in [6.45, 7) is 3.61. The zero-order chi connectivity index (χ0) is 10.8. The van der Waals surface area contributed by atoms with Crippen molar-refractivity contribution >= 4 is 23.6 Å². The average Bonchev–Trinajstić information content (AvgIpc) is 2.62. The fourth-order valence-electron chi connectivity index (χ4n) is 1.30. The zero-order valence-corrected chi connectivity index (χ0v) is 8.60. The Bertz CT molecular complexity index is 416. The van der Waals surface area contributed by atoms with Crippen LogP contribution in [0.15, 0.2) is 27.0 Å². The van der Waals surface area contributed by atoms with Crippen molar-refractivity contribution < 1.29 is 9.53 Å². The van der Waals surface area contributed by atoms with E-state index in [0.29, 0.717) is 12.1 Å². The maximum Gasteiger partial charge on any atom is 0.353 e. The normalized spacial score (nSPS) is 18.2. The molecule has 0 bridgehead atoms. The second kappa shape index (κ2) is 3.76. The number of hydrogen-bond donors (Lipinski definition) is 0. The van der Waals surface area contributed by atoms with Gasteiger partial charge in [0.15, 0.2) is 0 Å². The first kappa shape index (κ1) is 9.76. The topological polar surface area (TPSA) is 63.4 Å². The third-order valence-corrected chi connectivity index (χ3v) is 1.98. The van der Waals surface area contributed by atoms with Crippen LogP contribution in [0.3, 0.4) is 0 Å². The highest BCUT2D eigenvalue weighted by molar-refractivity contribution is 6.43. The lowest BCUT2D eigenvalue weighted by atomic mass is 10.0. The molecule has 0 amide bonds. The van der Waals surface area contributed by atoms with E-state index in [0.717, 1.165) is 11.3 Å². The summed E-state index contributed by atoms with van der Waals surface area (Å²) in [5, 5.41) is 7.65. The molecule has 0 aromatic heterocycles. The van der Waals surface area contributed by atoms with Crippen molar-refractivity contribution in [2.75, 3.05) is 0 Å². The SMILES string of the molecule is CC(C)OC(=O)C1=NC=C2C=NN=C2C1. The molecular weight excluding hydrogens is 194 g/mol. The van der Waals surface area contributed by atoms with Crippen LogP contribution in [-0.2, 0) is 9.53 Å². The Morgan fingerprint density at radius 2 is 2.33 bits per heavy atom. The lowest BCUT2D eigenvalue weighted by Crippen LogP contribution is -2.25. The van der Waals surface area contributed by atoms with Gasteiger partial charge in [-0.25, -0.2) is 4.79 Å². The Hall–Kier alpha value is -1.78. The van der Waals surface area contributed by atoms with Gasteiger partial charge in [0.2, 0.25) is 0 Å². The van der Waals surface area contributed by atoms with Gasteiger partial charge >= 0.3 is 5.97 Å². The minimum Gasteiger partial charge on any atom is -0.458 e. The smallest absolute Gasteiger partial charge is 0.353 e. The van der Waals surface area contributed by atoms with Gasteiger partial charge in [-0.2, -0.15) is 10.2 Å². The summed E-state index contributed by atoms with van der Waals surface area (Å²) in [5.41, 5.74) is 2.04. The van der Waals surface area contributed by atoms with Gasteiger partial charge in [0.05, 0.1) is 18.0 Å². The first-order valence-electron chi connectivity index (χ1n) is 4.75. The zero-order valence-electron chi connectivity index (χ0n) is 8.60. The Morgan fingerprint density at radius 1 is 1.53 bits per heavy atom. The molecule has 0 saturated carbocycles. The van der Waals surface area contributed by atoms with E-state index in [1.807, 2.05) is 0 Å². The Labute approximate surface area is 87.3 Å². The number of allylic oxidation sites excluding steroid dienone is 1. The van der Waals surface area contributed by atoms with Crippen molar-refractivity contribution in [3.05, 3.63) is 11.8 Å². The fraction of sp³-hybridized carbons (Fsp3) is 0.400. The molecule has 0 radical (unpaired) electrons. The molecule has 0 aromatic carbocycles. The molecule has 0 N–H and O–H groups in total. The van der Waals surface area contributed by atoms with Gasteiger partial charge in [0, 0.05) is 18.2 Å². The highest BCUT2D eigenvalue weighted by atomic mass is 16.5. The highest BCUT2D eigenvalue weighted by Crippen LogP contribution is 2.14. The van der Waals surface area contributed by atoms with E-state index in [9.17, 15) is 4.79 Å². The largest absolute Gasteiger partial charge is 0.458 e. The van der Waals surface area contributed by atoms with Gasteiger partial charge in [0.1, 0.15) is 5.71 Å². The second-order valence-corrected chi connectivity index (χ2v) is 3.58. The van der Waals surface area contributed by atoms with E-state index < -0.39 is 0 Å². The van der Waals surface area contributed by atoms with Crippen molar-refractivity contribution in [2.45, 2.75) is 26.4 Å². The Morgan fingerprint density at radius 3 is 3.07 bits per heavy atom. The summed E-state index contributed by atoms with van der Waals surface area (Å²) in [4.78, 5) is 15.6. The summed E-state index contributed by atoms with van der Waals surface area (Å²) in [6, 6.07) is 0. The van der Waals surface area contributed by atoms with E-state index in [4.69, 9.17) is 4.74 Å². The minimum absolute atomic E-state index is 0.132. The van der Waals surface area contributed by atoms with Crippen LogP contribution in [-0.4, -0.2) is 29.7 Å². The van der Waals surface area contributed by atoms with Crippen molar-refractivity contribution in [3.63, 3.8) is 0 Å². The van der Waals surface area contributed by atoms with Crippen molar-refractivity contribution in [2.24, 2.45) is 15.2 Å². The molecule has 15 heavy (non-hydrogen) atoms. The van der Waals surface area contributed by atoms with Gasteiger partial charge in [-0.3, -0.25) is 4.99 Å². The molecule has 0 aliphatic carbocycles. The van der Waals surface area contributed by atoms with Crippen LogP contribution in [0.4, 0.5) is 0 Å². The lowest BCUT2D eigenvalue weighted by Gasteiger charge is -2.12. The quantitative estimate of drug-likeness (QED) is 0.634. The monoisotopic (exact) mass is 205 g/mol. The highest BCUT2D eigenvalue weighted by Gasteiger charge is 2.23. The van der Waals surface area contributed by atoms with Gasteiger partial charge in [-0.1, -0.05) is 0 Å². The van der Waals surface area contributed by atoms with Crippen LogP contribution in [0.1, 0.15) is 20.3 Å². The predicted octanol–water partition coefficient (Wildman–Crippen LogP) is 1.11. The molecule has 0 aromatic rings. The molecule has 5 heteroatoms. The molecule has 0 fully saturated rings. The molecule has 78 valence electrons.